The van der Waals surface area contributed by atoms with E-state index < -0.39 is 0 Å². The fourth-order valence-corrected chi connectivity index (χ4v) is 4.44. The molecule has 1 N–H and O–H groups in total. The molecule has 2 aliphatic heterocycles. The third kappa shape index (κ3) is 5.10. The van der Waals surface area contributed by atoms with Crippen LogP contribution in [0.2, 0.25) is 0 Å². The largest absolute Gasteiger partial charge is 0.383 e. The number of methoxy groups -OCH3 is 1. The summed E-state index contributed by atoms with van der Waals surface area (Å²) in [5, 5.41) is 7.15. The van der Waals surface area contributed by atoms with Gasteiger partial charge in [-0.3, -0.25) is 14.6 Å². The summed E-state index contributed by atoms with van der Waals surface area (Å²) in [4.78, 5) is 21.9. The summed E-state index contributed by atoms with van der Waals surface area (Å²) in [5.74, 6) is 2.47. The molecule has 1 aromatic heterocycles. The lowest BCUT2D eigenvalue weighted by Crippen LogP contribution is -2.50. The third-order valence-corrected chi connectivity index (χ3v) is 6.28. The monoisotopic (exact) mass is 391 g/mol. The molecule has 4 rings (SSSR count). The van der Waals surface area contributed by atoms with Gasteiger partial charge in [-0.2, -0.15) is 4.98 Å². The normalized spacial score (nSPS) is 25.1. The number of nitrogens with zero attached hydrogens (tertiary/aromatic N) is 4. The van der Waals surface area contributed by atoms with Gasteiger partial charge < -0.3 is 14.6 Å². The molecule has 1 saturated carbocycles. The number of carbonyl (C=O) groups excluding carboxylic acids is 1. The van der Waals surface area contributed by atoms with Gasteiger partial charge in [-0.25, -0.2) is 0 Å². The molecule has 8 heteroatoms. The van der Waals surface area contributed by atoms with Crippen LogP contribution in [-0.4, -0.2) is 78.3 Å². The number of aromatic nitrogens is 2. The number of hydrogen-bond donors (Lipinski definition) is 1. The fourth-order valence-electron chi connectivity index (χ4n) is 4.44. The van der Waals surface area contributed by atoms with Crippen molar-refractivity contribution in [1.82, 2.24) is 25.3 Å². The molecular weight excluding hydrogens is 358 g/mol. The molecule has 0 bridgehead atoms. The smallest absolute Gasteiger partial charge is 0.229 e. The summed E-state index contributed by atoms with van der Waals surface area (Å²) in [6.45, 7) is 6.07. The molecule has 28 heavy (non-hydrogen) atoms. The molecular formula is C20H33N5O3. The van der Waals surface area contributed by atoms with Crippen molar-refractivity contribution in [3.8, 4) is 0 Å². The molecule has 1 atom stereocenters. The van der Waals surface area contributed by atoms with Crippen LogP contribution in [0.1, 0.15) is 56.2 Å². The lowest BCUT2D eigenvalue weighted by Gasteiger charge is -2.41. The fraction of sp³-hybridized carbons (Fsp3) is 0.850. The van der Waals surface area contributed by atoms with Gasteiger partial charge in [0.25, 0.3) is 0 Å². The minimum absolute atomic E-state index is 0.115. The molecule has 0 radical (unpaired) electrons. The Hall–Kier alpha value is -1.51. The maximum Gasteiger partial charge on any atom is 0.229 e. The van der Waals surface area contributed by atoms with Gasteiger partial charge in [0.1, 0.15) is 0 Å². The summed E-state index contributed by atoms with van der Waals surface area (Å²) in [5.41, 5.74) is 0. The quantitative estimate of drug-likeness (QED) is 0.670. The van der Waals surface area contributed by atoms with Gasteiger partial charge in [-0.05, 0) is 45.1 Å². The van der Waals surface area contributed by atoms with Crippen LogP contribution in [0.5, 0.6) is 0 Å². The lowest BCUT2D eigenvalue weighted by molar-refractivity contribution is -0.127. The van der Waals surface area contributed by atoms with Gasteiger partial charge in [0.05, 0.1) is 19.1 Å². The Morgan fingerprint density at radius 1 is 1.21 bits per heavy atom. The Labute approximate surface area is 167 Å². The van der Waals surface area contributed by atoms with E-state index in [0.717, 1.165) is 70.1 Å². The van der Waals surface area contributed by atoms with Crippen molar-refractivity contribution >= 4 is 5.91 Å². The highest BCUT2D eigenvalue weighted by molar-refractivity contribution is 5.78. The molecule has 1 aliphatic carbocycles. The zero-order valence-electron chi connectivity index (χ0n) is 16.9. The number of nitrogens with one attached hydrogen (secondary N) is 1. The van der Waals surface area contributed by atoms with E-state index in [1.165, 1.54) is 12.8 Å². The van der Waals surface area contributed by atoms with E-state index >= 15 is 0 Å². The van der Waals surface area contributed by atoms with Crippen LogP contribution in [0, 0.1) is 5.92 Å². The molecule has 1 amide bonds. The molecule has 2 saturated heterocycles. The van der Waals surface area contributed by atoms with Gasteiger partial charge in [-0.15, -0.1) is 0 Å². The van der Waals surface area contributed by atoms with Crippen molar-refractivity contribution < 1.29 is 14.1 Å². The minimum Gasteiger partial charge on any atom is -0.383 e. The first kappa shape index (κ1) is 19.8. The van der Waals surface area contributed by atoms with Crippen molar-refractivity contribution in [2.24, 2.45) is 5.92 Å². The van der Waals surface area contributed by atoms with Crippen LogP contribution < -0.4 is 5.32 Å². The Balaban J connectivity index is 1.21. The molecule has 8 nitrogen and oxygen atoms in total. The number of hydrogen-bond acceptors (Lipinski definition) is 7. The number of carbonyl (C=O) groups is 1. The van der Waals surface area contributed by atoms with Crippen LogP contribution in [0.3, 0.4) is 0 Å². The summed E-state index contributed by atoms with van der Waals surface area (Å²) in [6, 6.07) is 0.582. The van der Waals surface area contributed by atoms with E-state index in [9.17, 15) is 4.79 Å². The van der Waals surface area contributed by atoms with E-state index in [2.05, 4.69) is 25.3 Å². The van der Waals surface area contributed by atoms with Crippen LogP contribution in [-0.2, 0) is 16.1 Å². The average Bonchev–Trinajstić information content (AvgIpc) is 3.48. The number of ether oxygens (including phenoxy) is 1. The average molecular weight is 392 g/mol. The topological polar surface area (TPSA) is 83.7 Å². The van der Waals surface area contributed by atoms with Crippen LogP contribution in [0.4, 0.5) is 0 Å². The molecule has 1 unspecified atom stereocenters. The van der Waals surface area contributed by atoms with Gasteiger partial charge in [0.15, 0.2) is 5.82 Å². The first-order chi connectivity index (χ1) is 13.7. The Kier molecular flexibility index (Phi) is 6.59. The Morgan fingerprint density at radius 3 is 2.79 bits per heavy atom. The highest BCUT2D eigenvalue weighted by atomic mass is 16.5. The maximum absolute atomic E-state index is 12.4. The predicted molar refractivity (Wildman–Crippen MR) is 104 cm³/mol. The molecule has 0 spiro atoms. The molecule has 156 valence electrons. The van der Waals surface area contributed by atoms with Crippen LogP contribution in [0.25, 0.3) is 0 Å². The summed E-state index contributed by atoms with van der Waals surface area (Å²) in [6.07, 6.45) is 6.77. The van der Waals surface area contributed by atoms with Gasteiger partial charge >= 0.3 is 0 Å². The van der Waals surface area contributed by atoms with E-state index in [1.807, 2.05) is 0 Å². The Morgan fingerprint density at radius 2 is 2.04 bits per heavy atom. The second-order valence-electron chi connectivity index (χ2n) is 8.45. The van der Waals surface area contributed by atoms with Crippen LogP contribution in [0.15, 0.2) is 4.52 Å². The maximum atomic E-state index is 12.4. The lowest BCUT2D eigenvalue weighted by atomic mass is 9.93. The number of piperidine rings is 2. The van der Waals surface area contributed by atoms with Crippen molar-refractivity contribution in [3.63, 3.8) is 0 Å². The number of amides is 1. The molecule has 3 fully saturated rings. The van der Waals surface area contributed by atoms with Crippen molar-refractivity contribution in [3.05, 3.63) is 11.7 Å². The zero-order valence-corrected chi connectivity index (χ0v) is 16.9. The first-order valence-corrected chi connectivity index (χ1v) is 10.8. The summed E-state index contributed by atoms with van der Waals surface area (Å²) < 4.78 is 10.4. The number of rotatable bonds is 8. The Bertz CT molecular complexity index is 640. The second-order valence-corrected chi connectivity index (χ2v) is 8.45. The highest BCUT2D eigenvalue weighted by Crippen LogP contribution is 2.38. The van der Waals surface area contributed by atoms with Crippen molar-refractivity contribution in [2.45, 2.75) is 57.0 Å². The van der Waals surface area contributed by atoms with Gasteiger partial charge in [0, 0.05) is 45.2 Å². The summed E-state index contributed by atoms with van der Waals surface area (Å²) >= 11 is 0. The zero-order chi connectivity index (χ0) is 19.3. The van der Waals surface area contributed by atoms with Crippen molar-refractivity contribution in [1.29, 1.82) is 0 Å². The van der Waals surface area contributed by atoms with Gasteiger partial charge in [0.2, 0.25) is 11.8 Å². The van der Waals surface area contributed by atoms with E-state index in [-0.39, 0.29) is 11.8 Å². The first-order valence-electron chi connectivity index (χ1n) is 10.8. The van der Waals surface area contributed by atoms with E-state index in [4.69, 9.17) is 9.26 Å². The van der Waals surface area contributed by atoms with E-state index in [0.29, 0.717) is 25.1 Å². The van der Waals surface area contributed by atoms with Crippen LogP contribution >= 0.6 is 0 Å². The molecule has 0 aromatic carbocycles. The van der Waals surface area contributed by atoms with Gasteiger partial charge in [-0.1, -0.05) is 5.16 Å². The molecule has 3 aliphatic rings. The summed E-state index contributed by atoms with van der Waals surface area (Å²) in [7, 11) is 1.66. The predicted octanol–water partition coefficient (Wildman–Crippen LogP) is 1.39. The van der Waals surface area contributed by atoms with E-state index in [1.54, 1.807) is 7.11 Å². The number of likely N-dealkylation sites (tertiary alicyclic amines) is 2. The second kappa shape index (κ2) is 9.33. The highest BCUT2D eigenvalue weighted by Gasteiger charge is 2.32. The molecule has 1 aromatic rings. The standard InChI is InChI=1S/C20H33N5O3/c1-27-12-8-21-19(26)16-3-2-9-25(13-16)17-6-10-24(11-7-17)14-18-22-20(28-23-18)15-4-5-15/h15-17H,2-14H2,1H3,(H,21,26). The third-order valence-electron chi connectivity index (χ3n) is 6.28. The molecule has 3 heterocycles. The minimum atomic E-state index is 0.115. The van der Waals surface area contributed by atoms with Crippen molar-refractivity contribution in [2.75, 3.05) is 46.4 Å². The SMILES string of the molecule is COCCNC(=O)C1CCCN(C2CCN(Cc3noc(C4CC4)n3)CC2)C1.